The summed E-state index contributed by atoms with van der Waals surface area (Å²) in [5.41, 5.74) is 2.54. The molecule has 0 heterocycles. The number of nitrogens with two attached hydrogens (primary N) is 1. The highest BCUT2D eigenvalue weighted by Crippen LogP contribution is 2.19. The minimum absolute atomic E-state index is 0.00382. The lowest BCUT2D eigenvalue weighted by Crippen LogP contribution is -2.30. The van der Waals surface area contributed by atoms with Crippen molar-refractivity contribution in [3.05, 3.63) is 59.4 Å². The standard InChI is InChI=1S/C15H15FN2O3/c1-20-12-3-5-13(6-4-12)21-9-11-8-10(15(19)18-17)2-7-14(11)16/h2-8H,9,17H2,1H3,(H,18,19). The minimum Gasteiger partial charge on any atom is -0.497 e. The zero-order chi connectivity index (χ0) is 15.2. The highest BCUT2D eigenvalue weighted by atomic mass is 19.1. The average Bonchev–Trinajstić information content (AvgIpc) is 2.53. The summed E-state index contributed by atoms with van der Waals surface area (Å²) in [4.78, 5) is 11.4. The summed E-state index contributed by atoms with van der Waals surface area (Å²) in [6, 6.07) is 10.9. The summed E-state index contributed by atoms with van der Waals surface area (Å²) in [6.45, 7) is 0.00382. The van der Waals surface area contributed by atoms with Gasteiger partial charge in [0.1, 0.15) is 23.9 Å². The van der Waals surface area contributed by atoms with Gasteiger partial charge in [-0.3, -0.25) is 10.2 Å². The maximum Gasteiger partial charge on any atom is 0.265 e. The lowest BCUT2D eigenvalue weighted by atomic mass is 10.1. The van der Waals surface area contributed by atoms with Gasteiger partial charge in [0.05, 0.1) is 7.11 Å². The first-order valence-corrected chi connectivity index (χ1v) is 6.20. The lowest BCUT2D eigenvalue weighted by molar-refractivity contribution is 0.0953. The molecule has 5 nitrogen and oxygen atoms in total. The summed E-state index contributed by atoms with van der Waals surface area (Å²) in [7, 11) is 1.57. The van der Waals surface area contributed by atoms with Crippen molar-refractivity contribution < 1.29 is 18.7 Å². The van der Waals surface area contributed by atoms with E-state index in [0.717, 1.165) is 0 Å². The highest BCUT2D eigenvalue weighted by molar-refractivity contribution is 5.93. The van der Waals surface area contributed by atoms with Crippen LogP contribution in [0, 0.1) is 5.82 Å². The molecule has 0 saturated carbocycles. The minimum atomic E-state index is -0.485. The van der Waals surface area contributed by atoms with Crippen molar-refractivity contribution in [1.82, 2.24) is 5.43 Å². The van der Waals surface area contributed by atoms with Crippen molar-refractivity contribution in [2.45, 2.75) is 6.61 Å². The third kappa shape index (κ3) is 3.70. The molecule has 0 fully saturated rings. The van der Waals surface area contributed by atoms with E-state index in [1.54, 1.807) is 31.4 Å². The van der Waals surface area contributed by atoms with Gasteiger partial charge in [0.15, 0.2) is 0 Å². The molecular formula is C15H15FN2O3. The van der Waals surface area contributed by atoms with Gasteiger partial charge in [-0.1, -0.05) is 0 Å². The van der Waals surface area contributed by atoms with Gasteiger partial charge in [0, 0.05) is 11.1 Å². The van der Waals surface area contributed by atoms with Crippen LogP contribution in [0.3, 0.4) is 0 Å². The Morgan fingerprint density at radius 2 is 1.86 bits per heavy atom. The summed E-state index contributed by atoms with van der Waals surface area (Å²) in [6.07, 6.45) is 0. The fourth-order valence-electron chi connectivity index (χ4n) is 1.74. The molecule has 0 radical (unpaired) electrons. The molecule has 0 bridgehead atoms. The molecular weight excluding hydrogens is 275 g/mol. The molecule has 0 saturated heterocycles. The van der Waals surface area contributed by atoms with Gasteiger partial charge in [0.2, 0.25) is 0 Å². The Labute approximate surface area is 121 Å². The molecule has 3 N–H and O–H groups in total. The zero-order valence-corrected chi connectivity index (χ0v) is 11.4. The predicted molar refractivity (Wildman–Crippen MR) is 75.4 cm³/mol. The van der Waals surface area contributed by atoms with Crippen molar-refractivity contribution in [1.29, 1.82) is 0 Å². The summed E-state index contributed by atoms with van der Waals surface area (Å²) in [5.74, 6) is 5.39. The van der Waals surface area contributed by atoms with Crippen LogP contribution >= 0.6 is 0 Å². The van der Waals surface area contributed by atoms with Crippen LogP contribution in [0.2, 0.25) is 0 Å². The Morgan fingerprint density at radius 3 is 2.48 bits per heavy atom. The fourth-order valence-corrected chi connectivity index (χ4v) is 1.74. The Hall–Kier alpha value is -2.60. The number of methoxy groups -OCH3 is 1. The molecule has 21 heavy (non-hydrogen) atoms. The summed E-state index contributed by atoms with van der Waals surface area (Å²) in [5, 5.41) is 0. The Kier molecular flexibility index (Phi) is 4.73. The van der Waals surface area contributed by atoms with Crippen molar-refractivity contribution in [2.75, 3.05) is 7.11 Å². The molecule has 6 heteroatoms. The molecule has 0 spiro atoms. The topological polar surface area (TPSA) is 73.6 Å². The summed E-state index contributed by atoms with van der Waals surface area (Å²) >= 11 is 0. The zero-order valence-electron chi connectivity index (χ0n) is 11.4. The number of halogens is 1. The number of hydrazine groups is 1. The van der Waals surface area contributed by atoms with Crippen LogP contribution in [0.25, 0.3) is 0 Å². The maximum atomic E-state index is 13.7. The lowest BCUT2D eigenvalue weighted by Gasteiger charge is -2.09. The number of hydrogen-bond acceptors (Lipinski definition) is 4. The first kappa shape index (κ1) is 14.8. The second kappa shape index (κ2) is 6.71. The van der Waals surface area contributed by atoms with Crippen molar-refractivity contribution in [3.8, 4) is 11.5 Å². The summed E-state index contributed by atoms with van der Waals surface area (Å²) < 4.78 is 24.2. The number of ether oxygens (including phenoxy) is 2. The smallest absolute Gasteiger partial charge is 0.265 e. The molecule has 2 rings (SSSR count). The molecule has 110 valence electrons. The normalized spacial score (nSPS) is 10.0. The van der Waals surface area contributed by atoms with Crippen molar-refractivity contribution >= 4 is 5.91 Å². The molecule has 2 aromatic rings. The molecule has 1 amide bonds. The fraction of sp³-hybridized carbons (Fsp3) is 0.133. The molecule has 0 aliphatic rings. The van der Waals surface area contributed by atoms with E-state index in [4.69, 9.17) is 15.3 Å². The van der Waals surface area contributed by atoms with E-state index in [1.165, 1.54) is 18.2 Å². The van der Waals surface area contributed by atoms with E-state index >= 15 is 0 Å². The number of rotatable bonds is 5. The number of nitrogen functional groups attached to an aromatic ring is 1. The predicted octanol–water partition coefficient (Wildman–Crippen LogP) is 2.02. The molecule has 0 aliphatic heterocycles. The maximum absolute atomic E-state index is 13.7. The number of hydrogen-bond donors (Lipinski definition) is 2. The molecule has 0 aromatic heterocycles. The van der Waals surface area contributed by atoms with E-state index in [0.29, 0.717) is 11.5 Å². The monoisotopic (exact) mass is 290 g/mol. The van der Waals surface area contributed by atoms with Crippen LogP contribution in [0.15, 0.2) is 42.5 Å². The van der Waals surface area contributed by atoms with Gasteiger partial charge in [-0.15, -0.1) is 0 Å². The van der Waals surface area contributed by atoms with Gasteiger partial charge >= 0.3 is 0 Å². The number of nitrogens with one attached hydrogen (secondary N) is 1. The van der Waals surface area contributed by atoms with Gasteiger partial charge in [-0.25, -0.2) is 10.2 Å². The molecule has 2 aromatic carbocycles. The van der Waals surface area contributed by atoms with Crippen LogP contribution < -0.4 is 20.7 Å². The second-order valence-electron chi connectivity index (χ2n) is 4.24. The number of carbonyl (C=O) groups excluding carboxylic acids is 1. The molecule has 0 atom stereocenters. The SMILES string of the molecule is COc1ccc(OCc2cc(C(=O)NN)ccc2F)cc1. The van der Waals surface area contributed by atoms with Crippen LogP contribution in [-0.2, 0) is 6.61 Å². The molecule has 0 aliphatic carbocycles. The van der Waals surface area contributed by atoms with Crippen LogP contribution in [0.1, 0.15) is 15.9 Å². The van der Waals surface area contributed by atoms with Gasteiger partial charge in [0.25, 0.3) is 5.91 Å². The first-order valence-electron chi connectivity index (χ1n) is 6.20. The third-order valence-electron chi connectivity index (χ3n) is 2.89. The van der Waals surface area contributed by atoms with E-state index in [2.05, 4.69) is 0 Å². The van der Waals surface area contributed by atoms with Crippen LogP contribution in [-0.4, -0.2) is 13.0 Å². The van der Waals surface area contributed by atoms with Crippen LogP contribution in [0.5, 0.6) is 11.5 Å². The number of benzene rings is 2. The van der Waals surface area contributed by atoms with Gasteiger partial charge < -0.3 is 9.47 Å². The number of amides is 1. The van der Waals surface area contributed by atoms with Crippen molar-refractivity contribution in [2.24, 2.45) is 5.84 Å². The average molecular weight is 290 g/mol. The Morgan fingerprint density at radius 1 is 1.19 bits per heavy atom. The van der Waals surface area contributed by atoms with Gasteiger partial charge in [-0.2, -0.15) is 0 Å². The van der Waals surface area contributed by atoms with E-state index < -0.39 is 11.7 Å². The third-order valence-corrected chi connectivity index (χ3v) is 2.89. The highest BCUT2D eigenvalue weighted by Gasteiger charge is 2.09. The Balaban J connectivity index is 2.09. The van der Waals surface area contributed by atoms with Gasteiger partial charge in [-0.05, 0) is 42.5 Å². The van der Waals surface area contributed by atoms with E-state index in [1.807, 2.05) is 5.43 Å². The second-order valence-corrected chi connectivity index (χ2v) is 4.24. The first-order chi connectivity index (χ1) is 10.1. The largest absolute Gasteiger partial charge is 0.497 e. The van der Waals surface area contributed by atoms with Crippen LogP contribution in [0.4, 0.5) is 4.39 Å². The van der Waals surface area contributed by atoms with Crippen molar-refractivity contribution in [3.63, 3.8) is 0 Å². The van der Waals surface area contributed by atoms with E-state index in [9.17, 15) is 9.18 Å². The molecule has 0 unspecified atom stereocenters. The Bertz CT molecular complexity index is 629. The number of carbonyl (C=O) groups is 1. The quantitative estimate of drug-likeness (QED) is 0.502. The van der Waals surface area contributed by atoms with E-state index in [-0.39, 0.29) is 17.7 Å².